The Morgan fingerprint density at radius 3 is 2.07 bits per heavy atom. The Morgan fingerprint density at radius 2 is 1.57 bits per heavy atom. The standard InChI is InChI=1S/C25H32N4O/c1-8-28(9-2)20-15-17(3)21(18(4)16-20)26-22-23(25(5,6)7)27-29(24(22)30)19-13-11-10-12-14-19/h10-16H,8-9H2,1-7H3. The zero-order valence-corrected chi connectivity index (χ0v) is 19.2. The molecule has 5 heteroatoms. The van der Waals surface area contributed by atoms with E-state index in [2.05, 4.69) is 70.6 Å². The maximum Gasteiger partial charge on any atom is 0.299 e. The molecule has 2 aromatic carbocycles. The van der Waals surface area contributed by atoms with Crippen molar-refractivity contribution >= 4 is 34.4 Å². The number of hydrazone groups is 1. The van der Waals surface area contributed by atoms with Gasteiger partial charge in [0.1, 0.15) is 0 Å². The molecule has 0 aromatic heterocycles. The molecular formula is C25H32N4O. The number of hydrogen-bond acceptors (Lipinski definition) is 4. The van der Waals surface area contributed by atoms with Crippen LogP contribution in [0.15, 0.2) is 52.6 Å². The maximum atomic E-state index is 13.3. The van der Waals surface area contributed by atoms with Crippen molar-refractivity contribution < 1.29 is 4.79 Å². The zero-order valence-electron chi connectivity index (χ0n) is 19.2. The van der Waals surface area contributed by atoms with Crippen LogP contribution in [0.4, 0.5) is 17.1 Å². The summed E-state index contributed by atoms with van der Waals surface area (Å²) in [7, 11) is 0. The second-order valence-electron chi connectivity index (χ2n) is 8.71. The maximum absolute atomic E-state index is 13.3. The summed E-state index contributed by atoms with van der Waals surface area (Å²) in [6.07, 6.45) is 0. The number of nitrogens with zero attached hydrogens (tertiary/aromatic N) is 4. The van der Waals surface area contributed by atoms with E-state index >= 15 is 0 Å². The number of aliphatic imine (C=N–C) groups is 1. The van der Waals surface area contributed by atoms with Gasteiger partial charge in [0.2, 0.25) is 0 Å². The number of hydrogen-bond donors (Lipinski definition) is 0. The smallest absolute Gasteiger partial charge is 0.299 e. The first-order valence-corrected chi connectivity index (χ1v) is 10.6. The number of carbonyl (C=O) groups excluding carboxylic acids is 1. The lowest BCUT2D eigenvalue weighted by Crippen LogP contribution is -2.32. The van der Waals surface area contributed by atoms with E-state index < -0.39 is 0 Å². The third-order valence-electron chi connectivity index (χ3n) is 5.36. The van der Waals surface area contributed by atoms with Crippen LogP contribution in [0.1, 0.15) is 45.7 Å². The average molecular weight is 405 g/mol. The Kier molecular flexibility index (Phi) is 6.11. The molecule has 158 valence electrons. The van der Waals surface area contributed by atoms with Gasteiger partial charge in [0, 0.05) is 24.2 Å². The fourth-order valence-corrected chi connectivity index (χ4v) is 3.74. The Bertz CT molecular complexity index is 973. The number of carbonyl (C=O) groups is 1. The van der Waals surface area contributed by atoms with Crippen molar-refractivity contribution in [2.24, 2.45) is 15.5 Å². The average Bonchev–Trinajstić information content (AvgIpc) is 3.03. The predicted molar refractivity (Wildman–Crippen MR) is 127 cm³/mol. The number of benzene rings is 2. The molecule has 1 aliphatic heterocycles. The molecule has 0 spiro atoms. The van der Waals surface area contributed by atoms with E-state index in [1.54, 1.807) is 0 Å². The number of amides is 1. The van der Waals surface area contributed by atoms with Crippen LogP contribution >= 0.6 is 0 Å². The van der Waals surface area contributed by atoms with Crippen LogP contribution in [-0.2, 0) is 4.79 Å². The lowest BCUT2D eigenvalue weighted by molar-refractivity contribution is -0.112. The first-order valence-electron chi connectivity index (χ1n) is 10.6. The largest absolute Gasteiger partial charge is 0.372 e. The minimum Gasteiger partial charge on any atom is -0.372 e. The predicted octanol–water partition coefficient (Wildman–Crippen LogP) is 5.67. The highest BCUT2D eigenvalue weighted by Gasteiger charge is 2.39. The van der Waals surface area contributed by atoms with Crippen LogP contribution in [-0.4, -0.2) is 30.4 Å². The van der Waals surface area contributed by atoms with Crippen LogP contribution in [0.25, 0.3) is 0 Å². The highest BCUT2D eigenvalue weighted by molar-refractivity contribution is 6.72. The van der Waals surface area contributed by atoms with Gasteiger partial charge in [0.15, 0.2) is 5.71 Å². The molecule has 1 aliphatic rings. The SMILES string of the molecule is CCN(CC)c1cc(C)c(N=C2C(=O)N(c3ccccc3)N=C2C(C)(C)C)c(C)c1. The van der Waals surface area contributed by atoms with E-state index in [1.165, 1.54) is 10.7 Å². The topological polar surface area (TPSA) is 48.3 Å². The normalized spacial score (nSPS) is 15.7. The van der Waals surface area contributed by atoms with E-state index in [0.29, 0.717) is 11.4 Å². The summed E-state index contributed by atoms with van der Waals surface area (Å²) in [6, 6.07) is 13.8. The second kappa shape index (κ2) is 8.42. The molecule has 0 unspecified atom stereocenters. The highest BCUT2D eigenvalue weighted by atomic mass is 16.2. The molecule has 1 amide bonds. The van der Waals surface area contributed by atoms with Gasteiger partial charge in [-0.2, -0.15) is 10.1 Å². The van der Waals surface area contributed by atoms with E-state index in [0.717, 1.165) is 35.6 Å². The minimum atomic E-state index is -0.305. The summed E-state index contributed by atoms with van der Waals surface area (Å²) in [6.45, 7) is 16.5. The summed E-state index contributed by atoms with van der Waals surface area (Å²) < 4.78 is 0. The molecule has 0 aliphatic carbocycles. The van der Waals surface area contributed by atoms with Crippen molar-refractivity contribution in [1.29, 1.82) is 0 Å². The van der Waals surface area contributed by atoms with Crippen LogP contribution < -0.4 is 9.91 Å². The summed E-state index contributed by atoms with van der Waals surface area (Å²) in [5.74, 6) is -0.183. The molecule has 0 bridgehead atoms. The molecular weight excluding hydrogens is 372 g/mol. The summed E-state index contributed by atoms with van der Waals surface area (Å²) in [5.41, 5.74) is 5.73. The van der Waals surface area contributed by atoms with Gasteiger partial charge in [-0.25, -0.2) is 4.99 Å². The molecule has 0 atom stereocenters. The van der Waals surface area contributed by atoms with E-state index in [-0.39, 0.29) is 11.3 Å². The highest BCUT2D eigenvalue weighted by Crippen LogP contribution is 2.33. The van der Waals surface area contributed by atoms with Crippen molar-refractivity contribution in [3.63, 3.8) is 0 Å². The molecule has 0 saturated heterocycles. The van der Waals surface area contributed by atoms with Gasteiger partial charge in [-0.1, -0.05) is 39.0 Å². The second-order valence-corrected chi connectivity index (χ2v) is 8.71. The fourth-order valence-electron chi connectivity index (χ4n) is 3.74. The quantitative estimate of drug-likeness (QED) is 0.644. The van der Waals surface area contributed by atoms with Gasteiger partial charge in [-0.3, -0.25) is 4.79 Å². The Hall–Kier alpha value is -2.95. The number of rotatable bonds is 5. The van der Waals surface area contributed by atoms with E-state index in [9.17, 15) is 4.79 Å². The minimum absolute atomic E-state index is 0.183. The molecule has 2 aromatic rings. The summed E-state index contributed by atoms with van der Waals surface area (Å²) in [4.78, 5) is 20.5. The third-order valence-corrected chi connectivity index (χ3v) is 5.36. The lowest BCUT2D eigenvalue weighted by Gasteiger charge is -2.23. The zero-order chi connectivity index (χ0) is 22.1. The molecule has 30 heavy (non-hydrogen) atoms. The van der Waals surface area contributed by atoms with Crippen LogP contribution in [0.2, 0.25) is 0 Å². The molecule has 0 fully saturated rings. The van der Waals surface area contributed by atoms with Crippen molar-refractivity contribution in [3.05, 3.63) is 53.6 Å². The number of para-hydroxylation sites is 1. The van der Waals surface area contributed by atoms with Gasteiger partial charge >= 0.3 is 0 Å². The van der Waals surface area contributed by atoms with Crippen LogP contribution in [0.5, 0.6) is 0 Å². The van der Waals surface area contributed by atoms with Crippen LogP contribution in [0.3, 0.4) is 0 Å². The monoisotopic (exact) mass is 404 g/mol. The first kappa shape index (κ1) is 21.8. The van der Waals surface area contributed by atoms with Crippen molar-refractivity contribution in [2.45, 2.75) is 48.5 Å². The summed E-state index contributed by atoms with van der Waals surface area (Å²) >= 11 is 0. The van der Waals surface area contributed by atoms with Gasteiger partial charge in [-0.15, -0.1) is 0 Å². The Labute approximate surface area is 180 Å². The fraction of sp³-hybridized carbons (Fsp3) is 0.400. The molecule has 5 nitrogen and oxygen atoms in total. The van der Waals surface area contributed by atoms with Gasteiger partial charge < -0.3 is 4.90 Å². The molecule has 0 saturated carbocycles. The molecule has 1 heterocycles. The van der Waals surface area contributed by atoms with E-state index in [1.807, 2.05) is 30.3 Å². The third kappa shape index (κ3) is 4.16. The van der Waals surface area contributed by atoms with Crippen molar-refractivity contribution in [2.75, 3.05) is 23.0 Å². The van der Waals surface area contributed by atoms with Gasteiger partial charge in [0.05, 0.1) is 17.1 Å². The summed E-state index contributed by atoms with van der Waals surface area (Å²) in [5, 5.41) is 6.15. The molecule has 0 radical (unpaired) electrons. The van der Waals surface area contributed by atoms with Crippen LogP contribution in [0, 0.1) is 19.3 Å². The van der Waals surface area contributed by atoms with Gasteiger partial charge in [0.25, 0.3) is 5.91 Å². The first-order chi connectivity index (χ1) is 14.2. The molecule has 3 rings (SSSR count). The molecule has 0 N–H and O–H groups in total. The van der Waals surface area contributed by atoms with Gasteiger partial charge in [-0.05, 0) is 63.1 Å². The Morgan fingerprint density at radius 1 is 1.00 bits per heavy atom. The van der Waals surface area contributed by atoms with Crippen molar-refractivity contribution in [3.8, 4) is 0 Å². The number of aryl methyl sites for hydroxylation is 2. The Balaban J connectivity index is 2.09. The lowest BCUT2D eigenvalue weighted by atomic mass is 9.87. The van der Waals surface area contributed by atoms with Crippen molar-refractivity contribution in [1.82, 2.24) is 0 Å². The van der Waals surface area contributed by atoms with E-state index in [4.69, 9.17) is 4.99 Å². The number of anilines is 2.